The van der Waals surface area contributed by atoms with E-state index < -0.39 is 0 Å². The molecule has 1 N–H and O–H groups in total. The lowest BCUT2D eigenvalue weighted by molar-refractivity contribution is -0.0109. The summed E-state index contributed by atoms with van der Waals surface area (Å²) < 4.78 is 16.9. The fourth-order valence-corrected chi connectivity index (χ4v) is 3.06. The number of nitrogens with zero attached hydrogens (tertiary/aromatic N) is 1. The molecule has 0 saturated carbocycles. The van der Waals surface area contributed by atoms with Crippen molar-refractivity contribution in [2.75, 3.05) is 18.5 Å². The Morgan fingerprint density at radius 1 is 1.35 bits per heavy atom. The van der Waals surface area contributed by atoms with Crippen LogP contribution in [-0.2, 0) is 4.74 Å². The monoisotopic (exact) mass is 358 g/mol. The van der Waals surface area contributed by atoms with Crippen molar-refractivity contribution in [1.82, 2.24) is 5.16 Å². The molecule has 26 heavy (non-hydrogen) atoms. The molecule has 6 heteroatoms. The first-order valence-electron chi connectivity index (χ1n) is 9.17. The second-order valence-electron chi connectivity index (χ2n) is 6.91. The lowest BCUT2D eigenvalue weighted by atomic mass is 10.0. The van der Waals surface area contributed by atoms with Crippen LogP contribution in [-0.4, -0.2) is 30.4 Å². The van der Waals surface area contributed by atoms with Crippen LogP contribution in [0.15, 0.2) is 28.8 Å². The molecule has 1 amide bonds. The third-order valence-electron chi connectivity index (χ3n) is 4.47. The Labute approximate surface area is 153 Å². The zero-order chi connectivity index (χ0) is 18.5. The van der Waals surface area contributed by atoms with E-state index >= 15 is 0 Å². The number of benzene rings is 1. The van der Waals surface area contributed by atoms with Crippen LogP contribution in [0.4, 0.5) is 5.69 Å². The van der Waals surface area contributed by atoms with Crippen molar-refractivity contribution in [3.8, 4) is 5.75 Å². The van der Waals surface area contributed by atoms with Gasteiger partial charge in [0, 0.05) is 12.5 Å². The molecule has 1 aromatic heterocycles. The molecule has 3 rings (SSSR count). The van der Waals surface area contributed by atoms with Crippen LogP contribution in [0, 0.1) is 6.92 Å². The number of amides is 1. The summed E-state index contributed by atoms with van der Waals surface area (Å²) in [5.74, 6) is 1.06. The molecule has 0 bridgehead atoms. The summed E-state index contributed by atoms with van der Waals surface area (Å²) in [7, 11) is 0. The number of nitrogens with one attached hydrogen (secondary N) is 1. The van der Waals surface area contributed by atoms with Crippen LogP contribution in [0.25, 0.3) is 0 Å². The van der Waals surface area contributed by atoms with Crippen molar-refractivity contribution in [2.24, 2.45) is 0 Å². The van der Waals surface area contributed by atoms with Crippen molar-refractivity contribution < 1.29 is 18.8 Å². The van der Waals surface area contributed by atoms with E-state index in [0.29, 0.717) is 35.1 Å². The van der Waals surface area contributed by atoms with Gasteiger partial charge in [-0.05, 0) is 38.3 Å². The van der Waals surface area contributed by atoms with Crippen molar-refractivity contribution in [2.45, 2.75) is 52.1 Å². The van der Waals surface area contributed by atoms with Gasteiger partial charge in [-0.3, -0.25) is 4.79 Å². The van der Waals surface area contributed by atoms with E-state index in [-0.39, 0.29) is 17.9 Å². The van der Waals surface area contributed by atoms with Gasteiger partial charge in [0.1, 0.15) is 17.9 Å². The minimum Gasteiger partial charge on any atom is -0.489 e. The summed E-state index contributed by atoms with van der Waals surface area (Å²) in [6, 6.07) is 7.43. The van der Waals surface area contributed by atoms with Crippen LogP contribution < -0.4 is 10.1 Å². The van der Waals surface area contributed by atoms with Gasteiger partial charge in [0.2, 0.25) is 0 Å². The van der Waals surface area contributed by atoms with E-state index in [1.54, 1.807) is 6.92 Å². The topological polar surface area (TPSA) is 73.6 Å². The Kier molecular flexibility index (Phi) is 5.93. The third-order valence-corrected chi connectivity index (χ3v) is 4.47. The first kappa shape index (κ1) is 18.5. The van der Waals surface area contributed by atoms with Gasteiger partial charge in [-0.1, -0.05) is 31.1 Å². The van der Waals surface area contributed by atoms with E-state index in [4.69, 9.17) is 14.0 Å². The number of hydrogen-bond acceptors (Lipinski definition) is 5. The average Bonchev–Trinajstić information content (AvgIpc) is 3.04. The molecule has 1 aromatic carbocycles. The molecule has 1 fully saturated rings. The number of rotatable bonds is 6. The maximum atomic E-state index is 12.8. The van der Waals surface area contributed by atoms with Gasteiger partial charge in [-0.15, -0.1) is 0 Å². The fraction of sp³-hybridized carbons (Fsp3) is 0.500. The highest BCUT2D eigenvalue weighted by molar-refractivity contribution is 6.06. The second-order valence-corrected chi connectivity index (χ2v) is 6.91. The smallest absolute Gasteiger partial charge is 0.261 e. The van der Waals surface area contributed by atoms with Crippen molar-refractivity contribution in [3.63, 3.8) is 0 Å². The highest BCUT2D eigenvalue weighted by Crippen LogP contribution is 2.28. The van der Waals surface area contributed by atoms with E-state index in [0.717, 1.165) is 25.9 Å². The Morgan fingerprint density at radius 2 is 2.15 bits per heavy atom. The normalized spacial score (nSPS) is 17.3. The van der Waals surface area contributed by atoms with Gasteiger partial charge in [0.25, 0.3) is 5.91 Å². The summed E-state index contributed by atoms with van der Waals surface area (Å²) in [4.78, 5) is 12.8. The molecule has 1 saturated heterocycles. The minimum absolute atomic E-state index is 0.0758. The molecule has 0 aliphatic carbocycles. The molecular weight excluding hydrogens is 332 g/mol. The van der Waals surface area contributed by atoms with Crippen LogP contribution in [0.1, 0.15) is 60.8 Å². The zero-order valence-electron chi connectivity index (χ0n) is 15.6. The van der Waals surface area contributed by atoms with Crippen molar-refractivity contribution in [3.05, 3.63) is 41.3 Å². The predicted molar refractivity (Wildman–Crippen MR) is 98.8 cm³/mol. The van der Waals surface area contributed by atoms with Gasteiger partial charge in [0.15, 0.2) is 5.76 Å². The Balaban J connectivity index is 1.72. The zero-order valence-corrected chi connectivity index (χ0v) is 15.6. The number of carbonyl (C=O) groups excluding carboxylic acids is 1. The fourth-order valence-electron chi connectivity index (χ4n) is 3.06. The summed E-state index contributed by atoms with van der Waals surface area (Å²) >= 11 is 0. The predicted octanol–water partition coefficient (Wildman–Crippen LogP) is 4.31. The molecular formula is C20H26N2O4. The van der Waals surface area contributed by atoms with Gasteiger partial charge in [-0.25, -0.2) is 0 Å². The maximum absolute atomic E-state index is 12.8. The third kappa shape index (κ3) is 4.25. The van der Waals surface area contributed by atoms with E-state index in [9.17, 15) is 4.79 Å². The van der Waals surface area contributed by atoms with Gasteiger partial charge in [-0.2, -0.15) is 0 Å². The highest BCUT2D eigenvalue weighted by atomic mass is 16.5. The number of ether oxygens (including phenoxy) is 2. The van der Waals surface area contributed by atoms with E-state index in [1.807, 2.05) is 38.1 Å². The first-order chi connectivity index (χ1) is 12.6. The molecule has 2 aromatic rings. The number of hydrogen-bond donors (Lipinski definition) is 1. The van der Waals surface area contributed by atoms with Crippen LogP contribution in [0.3, 0.4) is 0 Å². The Bertz CT molecular complexity index is 748. The Morgan fingerprint density at radius 3 is 2.88 bits per heavy atom. The van der Waals surface area contributed by atoms with E-state index in [1.165, 1.54) is 0 Å². The summed E-state index contributed by atoms with van der Waals surface area (Å²) in [6.45, 7) is 6.98. The minimum atomic E-state index is -0.239. The van der Waals surface area contributed by atoms with Crippen molar-refractivity contribution >= 4 is 11.6 Å². The summed E-state index contributed by atoms with van der Waals surface area (Å²) in [6.07, 6.45) is 3.39. The number of para-hydroxylation sites is 2. The quantitative estimate of drug-likeness (QED) is 0.833. The Hall–Kier alpha value is -2.34. The lowest BCUT2D eigenvalue weighted by Crippen LogP contribution is -2.26. The lowest BCUT2D eigenvalue weighted by Gasteiger charge is -2.23. The van der Waals surface area contributed by atoms with Crippen LogP contribution >= 0.6 is 0 Å². The first-order valence-corrected chi connectivity index (χ1v) is 9.17. The molecule has 140 valence electrons. The summed E-state index contributed by atoms with van der Waals surface area (Å²) in [5.41, 5.74) is 1.70. The van der Waals surface area contributed by atoms with Crippen LogP contribution in [0.2, 0.25) is 0 Å². The molecule has 1 unspecified atom stereocenters. The maximum Gasteiger partial charge on any atom is 0.261 e. The number of anilines is 1. The second kappa shape index (κ2) is 8.36. The standard InChI is InChI=1S/C20H26N2O4/c1-13(2)19-18(14(3)22-26-19)20(23)21-16-9-4-5-10-17(16)25-12-15-8-6-7-11-24-15/h4-5,9-10,13,15H,6-8,11-12H2,1-3H3,(H,21,23). The molecule has 2 heterocycles. The number of aromatic nitrogens is 1. The molecule has 1 aliphatic heterocycles. The van der Waals surface area contributed by atoms with Gasteiger partial charge >= 0.3 is 0 Å². The average molecular weight is 358 g/mol. The molecule has 0 spiro atoms. The van der Waals surface area contributed by atoms with E-state index in [2.05, 4.69) is 10.5 Å². The number of aryl methyl sites for hydroxylation is 1. The molecule has 1 atom stereocenters. The molecule has 0 radical (unpaired) electrons. The van der Waals surface area contributed by atoms with Gasteiger partial charge in [0.05, 0.1) is 17.5 Å². The van der Waals surface area contributed by atoms with Crippen molar-refractivity contribution in [1.29, 1.82) is 0 Å². The SMILES string of the molecule is Cc1noc(C(C)C)c1C(=O)Nc1ccccc1OCC1CCCCO1. The molecule has 1 aliphatic rings. The highest BCUT2D eigenvalue weighted by Gasteiger charge is 2.23. The largest absolute Gasteiger partial charge is 0.489 e. The van der Waals surface area contributed by atoms with Gasteiger partial charge < -0.3 is 19.3 Å². The summed E-state index contributed by atoms with van der Waals surface area (Å²) in [5, 5.41) is 6.87. The van der Waals surface area contributed by atoms with Crippen LogP contribution in [0.5, 0.6) is 5.75 Å². The molecule has 6 nitrogen and oxygen atoms in total. The number of carbonyl (C=O) groups is 1.